The lowest BCUT2D eigenvalue weighted by Gasteiger charge is -2.15. The first-order valence-corrected chi connectivity index (χ1v) is 5.90. The molecule has 4 heteroatoms. The molecule has 0 N–H and O–H groups in total. The number of rotatable bonds is 3. The zero-order valence-electron chi connectivity index (χ0n) is 9.98. The molecule has 1 aromatic rings. The van der Waals surface area contributed by atoms with Gasteiger partial charge < -0.3 is 9.30 Å². The van der Waals surface area contributed by atoms with Gasteiger partial charge in [0.2, 0.25) is 0 Å². The van der Waals surface area contributed by atoms with Crippen LogP contribution in [0.1, 0.15) is 24.1 Å². The molecule has 1 aliphatic rings. The highest BCUT2D eigenvalue weighted by Crippen LogP contribution is 2.14. The van der Waals surface area contributed by atoms with Gasteiger partial charge in [-0.1, -0.05) is 6.07 Å². The van der Waals surface area contributed by atoms with Gasteiger partial charge in [0.05, 0.1) is 25.1 Å². The Labute approximate surface area is 100 Å². The summed E-state index contributed by atoms with van der Waals surface area (Å²) in [6, 6.07) is 5.66. The molecule has 0 radical (unpaired) electrons. The standard InChI is InChI=1S/C13H16N2O2/c1-10-4-5-11(6-7-14)13(16)15(10)9-12-3-2-8-17-12/h4-5,12H,2-3,6,8-9H2,1H3. The molecule has 0 aliphatic carbocycles. The number of pyridine rings is 1. The molecule has 0 saturated carbocycles. The minimum atomic E-state index is -0.0537. The summed E-state index contributed by atoms with van der Waals surface area (Å²) in [5.41, 5.74) is 1.44. The summed E-state index contributed by atoms with van der Waals surface area (Å²) in [4.78, 5) is 12.1. The van der Waals surface area contributed by atoms with Gasteiger partial charge >= 0.3 is 0 Å². The highest BCUT2D eigenvalue weighted by molar-refractivity contribution is 5.18. The quantitative estimate of drug-likeness (QED) is 0.791. The highest BCUT2D eigenvalue weighted by atomic mass is 16.5. The van der Waals surface area contributed by atoms with Gasteiger partial charge in [-0.2, -0.15) is 5.26 Å². The van der Waals surface area contributed by atoms with Crippen molar-refractivity contribution in [3.63, 3.8) is 0 Å². The molecule has 1 aromatic heterocycles. The lowest BCUT2D eigenvalue weighted by molar-refractivity contribution is 0.0956. The van der Waals surface area contributed by atoms with Crippen LogP contribution in [0.3, 0.4) is 0 Å². The van der Waals surface area contributed by atoms with Crippen LogP contribution in [0.25, 0.3) is 0 Å². The predicted molar refractivity (Wildman–Crippen MR) is 63.7 cm³/mol. The van der Waals surface area contributed by atoms with E-state index in [1.165, 1.54) is 0 Å². The fraction of sp³-hybridized carbons (Fsp3) is 0.538. The molecular formula is C13H16N2O2. The van der Waals surface area contributed by atoms with Gasteiger partial charge in [0.15, 0.2) is 0 Å². The summed E-state index contributed by atoms with van der Waals surface area (Å²) in [6.45, 7) is 3.30. The Hall–Kier alpha value is -1.60. The zero-order chi connectivity index (χ0) is 12.3. The van der Waals surface area contributed by atoms with Crippen molar-refractivity contribution in [2.45, 2.75) is 38.8 Å². The van der Waals surface area contributed by atoms with Crippen LogP contribution in [-0.2, 0) is 17.7 Å². The molecule has 1 atom stereocenters. The Kier molecular flexibility index (Phi) is 3.60. The number of nitrogens with zero attached hydrogens (tertiary/aromatic N) is 2. The topological polar surface area (TPSA) is 55.0 Å². The molecule has 90 valence electrons. The molecule has 2 rings (SSSR count). The predicted octanol–water partition coefficient (Wildman–Crippen LogP) is 1.40. The fourth-order valence-corrected chi connectivity index (χ4v) is 2.15. The van der Waals surface area contributed by atoms with Crippen molar-refractivity contribution in [2.75, 3.05) is 6.61 Å². The van der Waals surface area contributed by atoms with E-state index >= 15 is 0 Å². The van der Waals surface area contributed by atoms with Gasteiger partial charge in [0.25, 0.3) is 5.56 Å². The van der Waals surface area contributed by atoms with Gasteiger partial charge in [0.1, 0.15) is 0 Å². The van der Waals surface area contributed by atoms with Crippen LogP contribution in [0.4, 0.5) is 0 Å². The number of aromatic nitrogens is 1. The SMILES string of the molecule is Cc1ccc(CC#N)c(=O)n1CC1CCCO1. The maximum atomic E-state index is 12.1. The lowest BCUT2D eigenvalue weighted by Crippen LogP contribution is -2.30. The van der Waals surface area contributed by atoms with E-state index in [-0.39, 0.29) is 18.1 Å². The molecule has 0 amide bonds. The monoisotopic (exact) mass is 232 g/mol. The number of hydrogen-bond donors (Lipinski definition) is 0. The Morgan fingerprint density at radius 2 is 2.41 bits per heavy atom. The second kappa shape index (κ2) is 5.15. The summed E-state index contributed by atoms with van der Waals surface area (Å²) in [5.74, 6) is 0. The molecule has 0 bridgehead atoms. The summed E-state index contributed by atoms with van der Waals surface area (Å²) < 4.78 is 7.27. The van der Waals surface area contributed by atoms with Crippen LogP contribution >= 0.6 is 0 Å². The Balaban J connectivity index is 2.28. The van der Waals surface area contributed by atoms with Crippen molar-refractivity contribution in [1.82, 2.24) is 4.57 Å². The van der Waals surface area contributed by atoms with E-state index in [1.54, 1.807) is 10.6 Å². The minimum Gasteiger partial charge on any atom is -0.376 e. The lowest BCUT2D eigenvalue weighted by atomic mass is 10.2. The summed E-state index contributed by atoms with van der Waals surface area (Å²) >= 11 is 0. The number of aryl methyl sites for hydroxylation is 1. The van der Waals surface area contributed by atoms with Crippen molar-refractivity contribution >= 4 is 0 Å². The maximum absolute atomic E-state index is 12.1. The van der Waals surface area contributed by atoms with Crippen LogP contribution in [0, 0.1) is 18.3 Å². The molecule has 17 heavy (non-hydrogen) atoms. The molecule has 1 aliphatic heterocycles. The molecule has 0 aromatic carbocycles. The highest BCUT2D eigenvalue weighted by Gasteiger charge is 2.17. The van der Waals surface area contributed by atoms with Crippen molar-refractivity contribution in [1.29, 1.82) is 5.26 Å². The number of ether oxygens (including phenoxy) is 1. The van der Waals surface area contributed by atoms with E-state index < -0.39 is 0 Å². The summed E-state index contributed by atoms with van der Waals surface area (Å²) in [5, 5.41) is 8.67. The molecular weight excluding hydrogens is 216 g/mol. The van der Waals surface area contributed by atoms with E-state index in [0.717, 1.165) is 25.1 Å². The van der Waals surface area contributed by atoms with E-state index in [4.69, 9.17) is 10.00 Å². The first kappa shape index (κ1) is 11.9. The summed E-state index contributed by atoms with van der Waals surface area (Å²) in [7, 11) is 0. The van der Waals surface area contributed by atoms with Crippen LogP contribution < -0.4 is 5.56 Å². The Morgan fingerprint density at radius 3 is 3.06 bits per heavy atom. The third-order valence-corrected chi connectivity index (χ3v) is 3.15. The smallest absolute Gasteiger partial charge is 0.255 e. The third kappa shape index (κ3) is 2.56. The number of nitriles is 1. The zero-order valence-corrected chi connectivity index (χ0v) is 9.98. The molecule has 1 saturated heterocycles. The molecule has 2 heterocycles. The van der Waals surface area contributed by atoms with Gasteiger partial charge in [-0.15, -0.1) is 0 Å². The van der Waals surface area contributed by atoms with Crippen molar-refractivity contribution in [3.8, 4) is 6.07 Å². The minimum absolute atomic E-state index is 0.0537. The molecule has 1 unspecified atom stereocenters. The van der Waals surface area contributed by atoms with Crippen molar-refractivity contribution in [2.24, 2.45) is 0 Å². The molecule has 4 nitrogen and oxygen atoms in total. The van der Waals surface area contributed by atoms with Crippen molar-refractivity contribution < 1.29 is 4.74 Å². The van der Waals surface area contributed by atoms with Gasteiger partial charge in [-0.25, -0.2) is 0 Å². The third-order valence-electron chi connectivity index (χ3n) is 3.15. The first-order chi connectivity index (χ1) is 8.22. The van der Waals surface area contributed by atoms with Crippen LogP contribution in [0.5, 0.6) is 0 Å². The molecule has 0 spiro atoms. The Morgan fingerprint density at radius 1 is 1.59 bits per heavy atom. The van der Waals surface area contributed by atoms with Crippen LogP contribution in [-0.4, -0.2) is 17.3 Å². The van der Waals surface area contributed by atoms with Gasteiger partial charge in [-0.05, 0) is 25.8 Å². The van der Waals surface area contributed by atoms with Gasteiger partial charge in [0, 0.05) is 17.9 Å². The average Bonchev–Trinajstić information content (AvgIpc) is 2.81. The van der Waals surface area contributed by atoms with E-state index in [2.05, 4.69) is 0 Å². The van der Waals surface area contributed by atoms with Gasteiger partial charge in [-0.3, -0.25) is 4.79 Å². The second-order valence-electron chi connectivity index (χ2n) is 4.39. The fourth-order valence-electron chi connectivity index (χ4n) is 2.15. The summed E-state index contributed by atoms with van der Waals surface area (Å²) in [6.07, 6.45) is 2.39. The van der Waals surface area contributed by atoms with Crippen LogP contribution in [0.15, 0.2) is 16.9 Å². The molecule has 1 fully saturated rings. The Bertz CT molecular complexity index is 493. The van der Waals surface area contributed by atoms with E-state index in [9.17, 15) is 4.79 Å². The largest absolute Gasteiger partial charge is 0.376 e. The van der Waals surface area contributed by atoms with Crippen LogP contribution in [0.2, 0.25) is 0 Å². The van der Waals surface area contributed by atoms with E-state index in [0.29, 0.717) is 12.1 Å². The maximum Gasteiger partial charge on any atom is 0.255 e. The normalized spacial score (nSPS) is 19.2. The first-order valence-electron chi connectivity index (χ1n) is 5.90. The second-order valence-corrected chi connectivity index (χ2v) is 4.39. The number of hydrogen-bond acceptors (Lipinski definition) is 3. The van der Waals surface area contributed by atoms with E-state index in [1.807, 2.05) is 19.1 Å². The average molecular weight is 232 g/mol. The van der Waals surface area contributed by atoms with Crippen molar-refractivity contribution in [3.05, 3.63) is 33.7 Å².